The van der Waals surface area contributed by atoms with Crippen molar-refractivity contribution in [2.75, 3.05) is 19.8 Å². The number of rotatable bonds is 4. The summed E-state index contributed by atoms with van der Waals surface area (Å²) in [6, 6.07) is 4.38. The van der Waals surface area contributed by atoms with Crippen LogP contribution in [-0.2, 0) is 11.2 Å². The van der Waals surface area contributed by atoms with Crippen molar-refractivity contribution in [1.29, 1.82) is 0 Å². The standard InChI is InChI=1S/C14H18BrF2NO/c1-14(17,8-12-9-19-5-4-18-12)7-10-6-11(16)2-3-13(10)15/h2-3,6,12,18H,4-5,7-9H2,1H3. The quantitative estimate of drug-likeness (QED) is 0.913. The predicted octanol–water partition coefficient (Wildman–Crippen LogP) is 3.24. The molecular weight excluding hydrogens is 316 g/mol. The molecule has 2 rings (SSSR count). The molecule has 1 fully saturated rings. The van der Waals surface area contributed by atoms with E-state index in [9.17, 15) is 8.78 Å². The predicted molar refractivity (Wildman–Crippen MR) is 74.5 cm³/mol. The van der Waals surface area contributed by atoms with E-state index < -0.39 is 5.67 Å². The van der Waals surface area contributed by atoms with Crippen LogP contribution < -0.4 is 5.32 Å². The van der Waals surface area contributed by atoms with Crippen molar-refractivity contribution in [2.45, 2.75) is 31.5 Å². The summed E-state index contributed by atoms with van der Waals surface area (Å²) in [5.41, 5.74) is -0.740. The third-order valence-corrected chi connectivity index (χ3v) is 4.01. The maximum absolute atomic E-state index is 14.6. The minimum Gasteiger partial charge on any atom is -0.379 e. The molecule has 0 saturated carbocycles. The molecule has 5 heteroatoms. The van der Waals surface area contributed by atoms with Crippen LogP contribution in [0.1, 0.15) is 18.9 Å². The van der Waals surface area contributed by atoms with Gasteiger partial charge in [-0.3, -0.25) is 0 Å². The molecule has 1 aliphatic heterocycles. The molecule has 0 amide bonds. The Morgan fingerprint density at radius 2 is 2.32 bits per heavy atom. The first-order chi connectivity index (χ1) is 8.96. The lowest BCUT2D eigenvalue weighted by Gasteiger charge is -2.30. The second-order valence-corrected chi connectivity index (χ2v) is 6.11. The van der Waals surface area contributed by atoms with Gasteiger partial charge < -0.3 is 10.1 Å². The van der Waals surface area contributed by atoms with Crippen molar-refractivity contribution in [3.05, 3.63) is 34.1 Å². The van der Waals surface area contributed by atoms with E-state index in [2.05, 4.69) is 21.2 Å². The fourth-order valence-electron chi connectivity index (χ4n) is 2.41. The number of halogens is 3. The van der Waals surface area contributed by atoms with Crippen LogP contribution in [0.3, 0.4) is 0 Å². The van der Waals surface area contributed by atoms with Crippen LogP contribution in [0, 0.1) is 5.82 Å². The van der Waals surface area contributed by atoms with Crippen molar-refractivity contribution in [3.63, 3.8) is 0 Å². The van der Waals surface area contributed by atoms with Crippen LogP contribution in [0.25, 0.3) is 0 Å². The van der Waals surface area contributed by atoms with Crippen LogP contribution in [0.5, 0.6) is 0 Å². The molecule has 2 unspecified atom stereocenters. The minimum atomic E-state index is -1.39. The summed E-state index contributed by atoms with van der Waals surface area (Å²) in [4.78, 5) is 0. The molecule has 1 aromatic rings. The van der Waals surface area contributed by atoms with E-state index >= 15 is 0 Å². The van der Waals surface area contributed by atoms with E-state index in [4.69, 9.17) is 4.74 Å². The fraction of sp³-hybridized carbons (Fsp3) is 0.571. The molecule has 0 aliphatic carbocycles. The number of morpholine rings is 1. The van der Waals surface area contributed by atoms with Crippen LogP contribution >= 0.6 is 15.9 Å². The highest BCUT2D eigenvalue weighted by Gasteiger charge is 2.30. The molecule has 106 valence electrons. The van der Waals surface area contributed by atoms with Crippen molar-refractivity contribution >= 4 is 15.9 Å². The highest BCUT2D eigenvalue weighted by molar-refractivity contribution is 9.10. The fourth-order valence-corrected chi connectivity index (χ4v) is 2.80. The zero-order chi connectivity index (χ0) is 13.9. The zero-order valence-electron chi connectivity index (χ0n) is 10.9. The molecule has 1 aliphatic rings. The van der Waals surface area contributed by atoms with Gasteiger partial charge in [-0.2, -0.15) is 0 Å². The largest absolute Gasteiger partial charge is 0.379 e. The van der Waals surface area contributed by atoms with Gasteiger partial charge in [0, 0.05) is 23.5 Å². The summed E-state index contributed by atoms with van der Waals surface area (Å²) in [7, 11) is 0. The Labute approximate surface area is 120 Å². The maximum Gasteiger partial charge on any atom is 0.123 e. The summed E-state index contributed by atoms with van der Waals surface area (Å²) in [6.07, 6.45) is 0.541. The highest BCUT2D eigenvalue weighted by Crippen LogP contribution is 2.28. The number of nitrogens with one attached hydrogen (secondary N) is 1. The monoisotopic (exact) mass is 333 g/mol. The Morgan fingerprint density at radius 1 is 1.53 bits per heavy atom. The van der Waals surface area contributed by atoms with Crippen molar-refractivity contribution in [2.24, 2.45) is 0 Å². The summed E-state index contributed by atoms with van der Waals surface area (Å²) in [6.45, 7) is 3.52. The molecular formula is C14H18BrF2NO. The molecule has 1 saturated heterocycles. The maximum atomic E-state index is 14.6. The van der Waals surface area contributed by atoms with Gasteiger partial charge in [0.25, 0.3) is 0 Å². The van der Waals surface area contributed by atoms with E-state index in [-0.39, 0.29) is 18.3 Å². The Kier molecular flexibility index (Phi) is 4.92. The van der Waals surface area contributed by atoms with Crippen LogP contribution in [-0.4, -0.2) is 31.5 Å². The van der Waals surface area contributed by atoms with Crippen LogP contribution in [0.15, 0.2) is 22.7 Å². The minimum absolute atomic E-state index is 0.0242. The third kappa shape index (κ3) is 4.51. The average Bonchev–Trinajstić information content (AvgIpc) is 2.34. The molecule has 0 bridgehead atoms. The summed E-state index contributed by atoms with van der Waals surface area (Å²) in [5.74, 6) is -0.340. The summed E-state index contributed by atoms with van der Waals surface area (Å²) in [5, 5.41) is 3.24. The zero-order valence-corrected chi connectivity index (χ0v) is 12.5. The first-order valence-corrected chi connectivity index (χ1v) is 7.19. The van der Waals surface area contributed by atoms with E-state index in [1.165, 1.54) is 12.1 Å². The Hall–Kier alpha value is -0.520. The van der Waals surface area contributed by atoms with E-state index in [0.29, 0.717) is 25.2 Å². The summed E-state index contributed by atoms with van der Waals surface area (Å²) < 4.78 is 33.9. The highest BCUT2D eigenvalue weighted by atomic mass is 79.9. The SMILES string of the molecule is CC(F)(Cc1cc(F)ccc1Br)CC1COCCN1. The number of alkyl halides is 1. The first-order valence-electron chi connectivity index (χ1n) is 6.40. The second-order valence-electron chi connectivity index (χ2n) is 5.26. The lowest BCUT2D eigenvalue weighted by Crippen LogP contribution is -2.45. The van der Waals surface area contributed by atoms with Gasteiger partial charge in [0.2, 0.25) is 0 Å². The Morgan fingerprint density at radius 3 is 3.00 bits per heavy atom. The Balaban J connectivity index is 2.00. The third-order valence-electron chi connectivity index (χ3n) is 3.24. The smallest absolute Gasteiger partial charge is 0.123 e. The summed E-state index contributed by atoms with van der Waals surface area (Å²) >= 11 is 3.33. The molecule has 0 aromatic heterocycles. The lowest BCUT2D eigenvalue weighted by molar-refractivity contribution is 0.0483. The van der Waals surface area contributed by atoms with Gasteiger partial charge in [-0.05, 0) is 37.1 Å². The van der Waals surface area contributed by atoms with Gasteiger partial charge in [0.15, 0.2) is 0 Å². The molecule has 1 N–H and O–H groups in total. The molecule has 2 nitrogen and oxygen atoms in total. The van der Waals surface area contributed by atoms with Gasteiger partial charge in [0.1, 0.15) is 11.5 Å². The number of hydrogen-bond acceptors (Lipinski definition) is 2. The van der Waals surface area contributed by atoms with Gasteiger partial charge in [-0.1, -0.05) is 15.9 Å². The Bertz CT molecular complexity index is 433. The van der Waals surface area contributed by atoms with E-state index in [1.807, 2.05) is 0 Å². The van der Waals surface area contributed by atoms with Crippen molar-refractivity contribution < 1.29 is 13.5 Å². The van der Waals surface area contributed by atoms with Gasteiger partial charge in [0.05, 0.1) is 13.2 Å². The lowest BCUT2D eigenvalue weighted by atomic mass is 9.91. The van der Waals surface area contributed by atoms with Crippen LogP contribution in [0.2, 0.25) is 0 Å². The molecule has 19 heavy (non-hydrogen) atoms. The van der Waals surface area contributed by atoms with Gasteiger partial charge in [-0.25, -0.2) is 8.78 Å². The van der Waals surface area contributed by atoms with Gasteiger partial charge >= 0.3 is 0 Å². The van der Waals surface area contributed by atoms with Crippen LogP contribution in [0.4, 0.5) is 8.78 Å². The molecule has 0 radical (unpaired) electrons. The first kappa shape index (κ1) is 14.9. The normalized spacial score (nSPS) is 23.1. The number of hydrogen-bond donors (Lipinski definition) is 1. The average molecular weight is 334 g/mol. The van der Waals surface area contributed by atoms with E-state index in [1.54, 1.807) is 13.0 Å². The van der Waals surface area contributed by atoms with Crippen molar-refractivity contribution in [1.82, 2.24) is 5.32 Å². The molecule has 0 spiro atoms. The van der Waals surface area contributed by atoms with Crippen molar-refractivity contribution in [3.8, 4) is 0 Å². The topological polar surface area (TPSA) is 21.3 Å². The molecule has 1 aromatic carbocycles. The number of benzene rings is 1. The molecule has 2 atom stereocenters. The second kappa shape index (κ2) is 6.29. The number of ether oxygens (including phenoxy) is 1. The molecule has 1 heterocycles. The van der Waals surface area contributed by atoms with Gasteiger partial charge in [-0.15, -0.1) is 0 Å². The van der Waals surface area contributed by atoms with E-state index in [0.717, 1.165) is 11.0 Å².